The van der Waals surface area contributed by atoms with Crippen LogP contribution in [-0.2, 0) is 21.0 Å². The molecule has 6 nitrogen and oxygen atoms in total. The number of methoxy groups -OCH3 is 1. The predicted octanol–water partition coefficient (Wildman–Crippen LogP) is 1.93. The van der Waals surface area contributed by atoms with E-state index >= 15 is 0 Å². The van der Waals surface area contributed by atoms with E-state index in [-0.39, 0.29) is 33.5 Å². The molecule has 0 radical (unpaired) electrons. The molecule has 0 fully saturated rings. The largest absolute Gasteiger partial charge is 0.507 e. The van der Waals surface area contributed by atoms with E-state index in [2.05, 4.69) is 4.74 Å². The number of nitrogens with two attached hydrogens (primary N) is 1. The monoisotopic (exact) mass is 371 g/mol. The fourth-order valence-corrected chi connectivity index (χ4v) is 3.38. The van der Waals surface area contributed by atoms with E-state index in [1.807, 2.05) is 0 Å². The van der Waals surface area contributed by atoms with E-state index in [0.29, 0.717) is 13.0 Å². The van der Waals surface area contributed by atoms with Gasteiger partial charge in [-0.15, -0.1) is 12.4 Å². The quantitative estimate of drug-likeness (QED) is 0.778. The minimum Gasteiger partial charge on any atom is -0.507 e. The van der Waals surface area contributed by atoms with Gasteiger partial charge in [-0.3, -0.25) is 0 Å². The van der Waals surface area contributed by atoms with Crippen LogP contribution in [0.2, 0.25) is 0 Å². The number of hydrogen-bond donors (Lipinski definition) is 2. The summed E-state index contributed by atoms with van der Waals surface area (Å²) in [6.45, 7) is 0.479. The molecule has 130 valence electrons. The number of hydrogen-bond acceptors (Lipinski definition) is 6. The van der Waals surface area contributed by atoms with Gasteiger partial charge in [0.15, 0.2) is 0 Å². The molecule has 0 saturated heterocycles. The van der Waals surface area contributed by atoms with E-state index in [4.69, 9.17) is 5.73 Å². The normalized spacial score (nSPS) is 10.8. The number of phenolic OH excluding ortho intramolecular Hbond substituents is 1. The molecule has 24 heavy (non-hydrogen) atoms. The molecule has 0 aliphatic rings. The van der Waals surface area contributed by atoms with E-state index in [1.54, 1.807) is 12.1 Å². The van der Waals surface area contributed by atoms with Gasteiger partial charge in [0.25, 0.3) is 0 Å². The standard InChI is InChI=1S/C16H17NO5S.ClH/c1-22-16(19)14-10-13(6-7-15(14)18)23(20,21)12-4-2-11(3-5-12)8-9-17;/h2-7,10,18H,8-9,17H2,1H3;1H. The molecule has 8 heteroatoms. The Morgan fingerprint density at radius 1 is 1.12 bits per heavy atom. The summed E-state index contributed by atoms with van der Waals surface area (Å²) in [4.78, 5) is 11.6. The Kier molecular flexibility index (Phi) is 6.77. The number of rotatable bonds is 5. The van der Waals surface area contributed by atoms with Gasteiger partial charge in [-0.2, -0.15) is 0 Å². The van der Waals surface area contributed by atoms with Crippen LogP contribution in [0, 0.1) is 0 Å². The highest BCUT2D eigenvalue weighted by molar-refractivity contribution is 7.91. The van der Waals surface area contributed by atoms with Crippen molar-refractivity contribution < 1.29 is 23.1 Å². The van der Waals surface area contributed by atoms with Gasteiger partial charge in [0.2, 0.25) is 9.84 Å². The Labute approximate surface area is 146 Å². The van der Waals surface area contributed by atoms with Gasteiger partial charge in [0.05, 0.1) is 16.9 Å². The molecule has 0 aliphatic carbocycles. The summed E-state index contributed by atoms with van der Waals surface area (Å²) in [5.41, 5.74) is 6.20. The van der Waals surface area contributed by atoms with Gasteiger partial charge in [0, 0.05) is 0 Å². The zero-order valence-electron chi connectivity index (χ0n) is 12.9. The average molecular weight is 372 g/mol. The molecule has 0 aromatic heterocycles. The van der Waals surface area contributed by atoms with Gasteiger partial charge in [-0.1, -0.05) is 12.1 Å². The van der Waals surface area contributed by atoms with E-state index < -0.39 is 15.8 Å². The first-order chi connectivity index (χ1) is 10.9. The number of halogens is 1. The number of phenols is 1. The summed E-state index contributed by atoms with van der Waals surface area (Å²) in [5, 5.41) is 9.66. The average Bonchev–Trinajstić information content (AvgIpc) is 2.55. The molecule has 2 aromatic carbocycles. The molecule has 0 unspecified atom stereocenters. The summed E-state index contributed by atoms with van der Waals surface area (Å²) in [6, 6.07) is 9.87. The van der Waals surface area contributed by atoms with Crippen LogP contribution in [0.3, 0.4) is 0 Å². The summed E-state index contributed by atoms with van der Waals surface area (Å²) < 4.78 is 29.8. The van der Waals surface area contributed by atoms with Crippen LogP contribution in [-0.4, -0.2) is 33.1 Å². The Morgan fingerprint density at radius 2 is 1.71 bits per heavy atom. The molecule has 0 saturated carbocycles. The van der Waals surface area contributed by atoms with Crippen molar-refractivity contribution in [2.24, 2.45) is 5.73 Å². The zero-order chi connectivity index (χ0) is 17.0. The van der Waals surface area contributed by atoms with Crippen molar-refractivity contribution >= 4 is 28.2 Å². The van der Waals surface area contributed by atoms with Crippen molar-refractivity contribution in [1.29, 1.82) is 0 Å². The number of esters is 1. The van der Waals surface area contributed by atoms with Gasteiger partial charge >= 0.3 is 5.97 Å². The third-order valence-electron chi connectivity index (χ3n) is 3.35. The summed E-state index contributed by atoms with van der Waals surface area (Å²) in [5.74, 6) is -1.15. The van der Waals surface area contributed by atoms with E-state index in [9.17, 15) is 18.3 Å². The maximum Gasteiger partial charge on any atom is 0.341 e. The second kappa shape index (κ2) is 8.14. The lowest BCUT2D eigenvalue weighted by molar-refractivity contribution is 0.0597. The molecule has 0 atom stereocenters. The van der Waals surface area contributed by atoms with Crippen molar-refractivity contribution in [3.63, 3.8) is 0 Å². The molecule has 0 bridgehead atoms. The third-order valence-corrected chi connectivity index (χ3v) is 5.12. The van der Waals surface area contributed by atoms with Crippen LogP contribution in [0.4, 0.5) is 0 Å². The van der Waals surface area contributed by atoms with Crippen molar-refractivity contribution in [3.05, 3.63) is 53.6 Å². The van der Waals surface area contributed by atoms with Gasteiger partial charge in [0.1, 0.15) is 11.3 Å². The van der Waals surface area contributed by atoms with Crippen LogP contribution in [0.15, 0.2) is 52.3 Å². The van der Waals surface area contributed by atoms with Crippen LogP contribution in [0.1, 0.15) is 15.9 Å². The second-order valence-corrected chi connectivity index (χ2v) is 6.81. The maximum absolute atomic E-state index is 12.6. The molecule has 0 heterocycles. The van der Waals surface area contributed by atoms with Gasteiger partial charge in [-0.05, 0) is 48.9 Å². The first-order valence-electron chi connectivity index (χ1n) is 6.85. The number of ether oxygens (including phenoxy) is 1. The fourth-order valence-electron chi connectivity index (χ4n) is 2.09. The molecule has 0 amide bonds. The van der Waals surface area contributed by atoms with Crippen LogP contribution >= 0.6 is 12.4 Å². The number of carbonyl (C=O) groups excluding carboxylic acids is 1. The minimum absolute atomic E-state index is 0. The predicted molar refractivity (Wildman–Crippen MR) is 91.3 cm³/mol. The summed E-state index contributed by atoms with van der Waals surface area (Å²) in [7, 11) is -2.65. The first-order valence-corrected chi connectivity index (χ1v) is 8.34. The Morgan fingerprint density at radius 3 is 2.25 bits per heavy atom. The number of aromatic hydroxyl groups is 1. The van der Waals surface area contributed by atoms with Gasteiger partial charge in [-0.25, -0.2) is 13.2 Å². The Hall–Kier alpha value is -2.09. The number of sulfone groups is 1. The molecular weight excluding hydrogens is 354 g/mol. The van der Waals surface area contributed by atoms with Gasteiger partial charge < -0.3 is 15.6 Å². The number of carbonyl (C=O) groups is 1. The highest BCUT2D eigenvalue weighted by atomic mass is 35.5. The van der Waals surface area contributed by atoms with E-state index in [1.165, 1.54) is 18.2 Å². The SMILES string of the molecule is COC(=O)c1cc(S(=O)(=O)c2ccc(CCN)cc2)ccc1O.Cl. The second-order valence-electron chi connectivity index (χ2n) is 4.86. The molecule has 0 aliphatic heterocycles. The lowest BCUT2D eigenvalue weighted by Gasteiger charge is -2.08. The zero-order valence-corrected chi connectivity index (χ0v) is 14.6. The third kappa shape index (κ3) is 4.05. The van der Waals surface area contributed by atoms with Crippen molar-refractivity contribution in [2.45, 2.75) is 16.2 Å². The van der Waals surface area contributed by atoms with E-state index in [0.717, 1.165) is 24.8 Å². The summed E-state index contributed by atoms with van der Waals surface area (Å²) >= 11 is 0. The highest BCUT2D eigenvalue weighted by Crippen LogP contribution is 2.26. The lowest BCUT2D eigenvalue weighted by Crippen LogP contribution is -2.07. The summed E-state index contributed by atoms with van der Waals surface area (Å²) in [6.07, 6.45) is 0.659. The molecule has 2 rings (SSSR count). The van der Waals surface area contributed by atoms with Crippen molar-refractivity contribution in [2.75, 3.05) is 13.7 Å². The van der Waals surface area contributed by atoms with Crippen LogP contribution in [0.5, 0.6) is 5.75 Å². The minimum atomic E-state index is -3.80. The number of benzene rings is 2. The Balaban J connectivity index is 0.00000288. The molecule has 2 aromatic rings. The fraction of sp³-hybridized carbons (Fsp3) is 0.188. The topological polar surface area (TPSA) is 107 Å². The molecular formula is C16H18ClNO5S. The highest BCUT2D eigenvalue weighted by Gasteiger charge is 2.21. The Bertz CT molecular complexity index is 819. The molecule has 3 N–H and O–H groups in total. The van der Waals surface area contributed by atoms with Crippen LogP contribution < -0.4 is 5.73 Å². The molecule has 0 spiro atoms. The van der Waals surface area contributed by atoms with Crippen LogP contribution in [0.25, 0.3) is 0 Å². The lowest BCUT2D eigenvalue weighted by atomic mass is 10.2. The first kappa shape index (κ1) is 20.0. The van der Waals surface area contributed by atoms with Crippen molar-refractivity contribution in [3.8, 4) is 5.75 Å². The maximum atomic E-state index is 12.6. The van der Waals surface area contributed by atoms with Crippen molar-refractivity contribution in [1.82, 2.24) is 0 Å². The smallest absolute Gasteiger partial charge is 0.341 e.